The van der Waals surface area contributed by atoms with Crippen LogP contribution in [0.1, 0.15) is 29.8 Å². The van der Waals surface area contributed by atoms with Gasteiger partial charge in [-0.1, -0.05) is 24.3 Å². The molecule has 0 fully saturated rings. The summed E-state index contributed by atoms with van der Waals surface area (Å²) in [5, 5.41) is 24.9. The number of esters is 1. The van der Waals surface area contributed by atoms with Crippen LogP contribution in [-0.4, -0.2) is 41.1 Å². The quantitative estimate of drug-likeness (QED) is 0.410. The van der Waals surface area contributed by atoms with Gasteiger partial charge in [0.15, 0.2) is 0 Å². The average molecular weight is 435 g/mol. The number of hydrogen-bond donors (Lipinski definition) is 2. The molecule has 0 spiro atoms. The van der Waals surface area contributed by atoms with E-state index in [0.29, 0.717) is 52.3 Å². The van der Waals surface area contributed by atoms with E-state index in [2.05, 4.69) is 0 Å². The number of nitrogens with zero attached hydrogens (tertiary/aromatic N) is 1. The van der Waals surface area contributed by atoms with Crippen molar-refractivity contribution in [1.82, 2.24) is 4.57 Å². The number of ether oxygens (including phenoxy) is 3. The largest absolute Gasteiger partial charge is 0.494 e. The van der Waals surface area contributed by atoms with E-state index in [1.165, 1.54) is 11.7 Å². The highest BCUT2D eigenvalue weighted by molar-refractivity contribution is 6.15. The van der Waals surface area contributed by atoms with E-state index >= 15 is 0 Å². The lowest BCUT2D eigenvalue weighted by molar-refractivity contribution is 0.0600. The van der Waals surface area contributed by atoms with Crippen LogP contribution >= 0.6 is 0 Å². The Morgan fingerprint density at radius 1 is 0.906 bits per heavy atom. The monoisotopic (exact) mass is 435 g/mol. The number of carbonyl (C=O) groups is 1. The van der Waals surface area contributed by atoms with Crippen molar-refractivity contribution in [2.45, 2.75) is 20.8 Å². The van der Waals surface area contributed by atoms with Crippen molar-refractivity contribution < 1.29 is 29.2 Å². The van der Waals surface area contributed by atoms with Crippen LogP contribution in [0, 0.1) is 6.92 Å². The third kappa shape index (κ3) is 3.17. The van der Waals surface area contributed by atoms with Gasteiger partial charge in [0.25, 0.3) is 0 Å². The molecule has 0 unspecified atom stereocenters. The Balaban J connectivity index is 2.11. The molecule has 166 valence electrons. The van der Waals surface area contributed by atoms with Gasteiger partial charge < -0.3 is 24.4 Å². The Morgan fingerprint density at radius 2 is 1.44 bits per heavy atom. The van der Waals surface area contributed by atoms with Crippen LogP contribution in [0.2, 0.25) is 0 Å². The molecule has 0 aliphatic carbocycles. The summed E-state index contributed by atoms with van der Waals surface area (Å²) >= 11 is 0. The van der Waals surface area contributed by atoms with E-state index in [1.807, 2.05) is 38.1 Å². The minimum absolute atomic E-state index is 0.179. The molecule has 1 heterocycles. The first-order valence-electron chi connectivity index (χ1n) is 10.4. The highest BCUT2D eigenvalue weighted by Gasteiger charge is 2.28. The Morgan fingerprint density at radius 3 is 1.88 bits per heavy atom. The lowest BCUT2D eigenvalue weighted by Gasteiger charge is -2.14. The first-order chi connectivity index (χ1) is 15.4. The van der Waals surface area contributed by atoms with E-state index in [9.17, 15) is 15.0 Å². The molecule has 7 heteroatoms. The average Bonchev–Trinajstić information content (AvgIpc) is 3.05. The Labute approximate surface area is 185 Å². The molecular formula is C25H25NO6. The fourth-order valence-corrected chi connectivity index (χ4v) is 4.09. The van der Waals surface area contributed by atoms with Gasteiger partial charge in [0.2, 0.25) is 11.8 Å². The van der Waals surface area contributed by atoms with Crippen molar-refractivity contribution in [3.05, 3.63) is 53.6 Å². The standard InChI is InChI=1S/C25H25NO6/c1-5-31-21-16-9-7-8-10-17(16)22(32-6-2)20-19(21)23(27)26(24(20)28)18-12-11-15(13-14(18)3)25(29)30-4/h7-13,27-28H,5-6H2,1-4H3. The fraction of sp³-hybridized carbons (Fsp3) is 0.240. The van der Waals surface area contributed by atoms with Crippen molar-refractivity contribution in [1.29, 1.82) is 0 Å². The van der Waals surface area contributed by atoms with E-state index in [4.69, 9.17) is 14.2 Å². The Bertz CT molecular complexity index is 1270. The molecule has 0 bridgehead atoms. The van der Waals surface area contributed by atoms with Gasteiger partial charge in [-0.3, -0.25) is 4.57 Å². The molecule has 1 aromatic heterocycles. The van der Waals surface area contributed by atoms with Gasteiger partial charge in [0, 0.05) is 10.8 Å². The zero-order valence-electron chi connectivity index (χ0n) is 18.4. The van der Waals surface area contributed by atoms with Gasteiger partial charge in [-0.15, -0.1) is 0 Å². The predicted octanol–water partition coefficient (Wildman–Crippen LogP) is 5.09. The molecular weight excluding hydrogens is 410 g/mol. The molecule has 0 atom stereocenters. The van der Waals surface area contributed by atoms with Crippen molar-refractivity contribution in [2.75, 3.05) is 20.3 Å². The van der Waals surface area contributed by atoms with Gasteiger partial charge in [0.05, 0.1) is 42.3 Å². The molecule has 0 aliphatic heterocycles. The number of fused-ring (bicyclic) bond motifs is 2. The SMILES string of the molecule is CCOc1c2ccccc2c(OCC)c2c(O)n(-c3ccc(C(=O)OC)cc3C)c(O)c12. The van der Waals surface area contributed by atoms with E-state index < -0.39 is 5.97 Å². The minimum atomic E-state index is -0.464. The highest BCUT2D eigenvalue weighted by Crippen LogP contribution is 2.52. The second-order valence-electron chi connectivity index (χ2n) is 7.30. The molecule has 0 radical (unpaired) electrons. The maximum atomic E-state index is 11.9. The van der Waals surface area contributed by atoms with Crippen LogP contribution in [0.3, 0.4) is 0 Å². The van der Waals surface area contributed by atoms with Gasteiger partial charge in [0.1, 0.15) is 11.5 Å². The topological polar surface area (TPSA) is 90.2 Å². The van der Waals surface area contributed by atoms with Crippen LogP contribution in [0.5, 0.6) is 23.3 Å². The summed E-state index contributed by atoms with van der Waals surface area (Å²) < 4.78 is 18.0. The van der Waals surface area contributed by atoms with Crippen LogP contribution < -0.4 is 9.47 Å². The molecule has 0 saturated carbocycles. The van der Waals surface area contributed by atoms with E-state index in [1.54, 1.807) is 25.1 Å². The molecule has 2 N–H and O–H groups in total. The van der Waals surface area contributed by atoms with Crippen LogP contribution in [-0.2, 0) is 4.74 Å². The maximum Gasteiger partial charge on any atom is 0.337 e. The van der Waals surface area contributed by atoms with E-state index in [0.717, 1.165) is 10.8 Å². The number of carbonyl (C=O) groups excluding carboxylic acids is 1. The first kappa shape index (κ1) is 21.4. The maximum absolute atomic E-state index is 11.9. The zero-order valence-corrected chi connectivity index (χ0v) is 18.4. The smallest absolute Gasteiger partial charge is 0.337 e. The van der Waals surface area contributed by atoms with Crippen LogP contribution in [0.4, 0.5) is 0 Å². The number of aromatic nitrogens is 1. The summed E-state index contributed by atoms with van der Waals surface area (Å²) in [5.74, 6) is 0.117. The summed E-state index contributed by atoms with van der Waals surface area (Å²) in [6.45, 7) is 6.27. The molecule has 0 aliphatic rings. The van der Waals surface area contributed by atoms with Crippen molar-refractivity contribution in [2.24, 2.45) is 0 Å². The highest BCUT2D eigenvalue weighted by atomic mass is 16.5. The third-order valence-corrected chi connectivity index (χ3v) is 5.43. The first-order valence-corrected chi connectivity index (χ1v) is 10.4. The number of benzene rings is 3. The van der Waals surface area contributed by atoms with Gasteiger partial charge in [-0.05, 0) is 44.5 Å². The number of aryl methyl sites for hydroxylation is 1. The lowest BCUT2D eigenvalue weighted by Crippen LogP contribution is -2.03. The molecule has 4 aromatic rings. The third-order valence-electron chi connectivity index (χ3n) is 5.43. The molecule has 3 aromatic carbocycles. The zero-order chi connectivity index (χ0) is 23.0. The summed E-state index contributed by atoms with van der Waals surface area (Å²) in [6.07, 6.45) is 0. The molecule has 4 rings (SSSR count). The van der Waals surface area contributed by atoms with Crippen molar-refractivity contribution >= 4 is 27.5 Å². The number of methoxy groups -OCH3 is 1. The van der Waals surface area contributed by atoms with Crippen molar-refractivity contribution in [3.63, 3.8) is 0 Å². The Hall–Kier alpha value is -3.87. The van der Waals surface area contributed by atoms with Crippen LogP contribution in [0.15, 0.2) is 42.5 Å². The number of aromatic hydroxyl groups is 2. The molecule has 7 nitrogen and oxygen atoms in total. The van der Waals surface area contributed by atoms with Crippen LogP contribution in [0.25, 0.3) is 27.2 Å². The molecule has 0 saturated heterocycles. The number of rotatable bonds is 6. The van der Waals surface area contributed by atoms with E-state index in [-0.39, 0.29) is 11.8 Å². The molecule has 0 amide bonds. The van der Waals surface area contributed by atoms with Gasteiger partial charge >= 0.3 is 5.97 Å². The van der Waals surface area contributed by atoms with Crippen molar-refractivity contribution in [3.8, 4) is 28.9 Å². The summed E-state index contributed by atoms with van der Waals surface area (Å²) in [5.41, 5.74) is 1.55. The normalized spacial score (nSPS) is 11.1. The number of hydrogen-bond acceptors (Lipinski definition) is 6. The molecule has 32 heavy (non-hydrogen) atoms. The summed E-state index contributed by atoms with van der Waals surface area (Å²) in [6, 6.07) is 12.4. The minimum Gasteiger partial charge on any atom is -0.494 e. The Kier molecular flexibility index (Phi) is 5.57. The van der Waals surface area contributed by atoms with Gasteiger partial charge in [-0.2, -0.15) is 0 Å². The second-order valence-corrected chi connectivity index (χ2v) is 7.30. The fourth-order valence-electron chi connectivity index (χ4n) is 4.09. The predicted molar refractivity (Wildman–Crippen MR) is 123 cm³/mol. The van der Waals surface area contributed by atoms with Gasteiger partial charge in [-0.25, -0.2) is 4.79 Å². The summed E-state index contributed by atoms with van der Waals surface area (Å²) in [7, 11) is 1.32. The second kappa shape index (κ2) is 8.34. The lowest BCUT2D eigenvalue weighted by atomic mass is 10.0. The summed E-state index contributed by atoms with van der Waals surface area (Å²) in [4.78, 5) is 11.9.